The molecule has 1 fully saturated rings. The minimum atomic E-state index is -2.45. The van der Waals surface area contributed by atoms with Crippen molar-refractivity contribution in [1.82, 2.24) is 5.06 Å². The first kappa shape index (κ1) is 32.2. The smallest absolute Gasteiger partial charge is 0.334 e. The second-order valence-corrected chi connectivity index (χ2v) is 17.4. The van der Waals surface area contributed by atoms with Gasteiger partial charge in [-0.3, -0.25) is 9.59 Å². The zero-order valence-electron chi connectivity index (χ0n) is 26.2. The number of hydrogen-bond donors (Lipinski definition) is 0. The van der Waals surface area contributed by atoms with E-state index in [1.165, 1.54) is 10.4 Å². The molecule has 2 heterocycles. The van der Waals surface area contributed by atoms with Crippen LogP contribution in [-0.4, -0.2) is 86.9 Å². The number of amides is 2. The van der Waals surface area contributed by atoms with Gasteiger partial charge in [0.05, 0.1) is 12.4 Å². The summed E-state index contributed by atoms with van der Waals surface area (Å²) in [4.78, 5) is 55.3. The van der Waals surface area contributed by atoms with E-state index in [1.807, 2.05) is 40.3 Å². The molecule has 0 aromatic heterocycles. The predicted molar refractivity (Wildman–Crippen MR) is 177 cm³/mol. The van der Waals surface area contributed by atoms with Crippen LogP contribution in [0.5, 0.6) is 0 Å². The monoisotopic (exact) mass is 643 g/mol. The number of hydroxylamine groups is 2. The maximum absolute atomic E-state index is 12.4. The van der Waals surface area contributed by atoms with Gasteiger partial charge in [0.1, 0.15) is 22.2 Å². The van der Waals surface area contributed by atoms with Gasteiger partial charge in [0.2, 0.25) is 0 Å². The van der Waals surface area contributed by atoms with Crippen molar-refractivity contribution in [2.24, 2.45) is 0 Å². The Labute approximate surface area is 268 Å². The van der Waals surface area contributed by atoms with E-state index in [0.717, 1.165) is 39.9 Å². The first-order chi connectivity index (χ1) is 21.4. The first-order valence-electron chi connectivity index (χ1n) is 14.9. The van der Waals surface area contributed by atoms with Gasteiger partial charge in [0.25, 0.3) is 11.8 Å². The number of fused-ring (bicyclic) bond motifs is 2. The molecule has 2 aromatic rings. The van der Waals surface area contributed by atoms with Gasteiger partial charge < -0.3 is 19.6 Å². The summed E-state index contributed by atoms with van der Waals surface area (Å²) < 4.78 is 2.08. The normalized spacial score (nSPS) is 18.9. The van der Waals surface area contributed by atoms with Crippen molar-refractivity contribution in [2.45, 2.75) is 31.9 Å². The predicted octanol–water partition coefficient (Wildman–Crippen LogP) is 2.70. The number of carboxylic acids is 1. The molecule has 2 aliphatic heterocycles. The number of carboxylic acid groups (broad SMARTS) is 1. The zero-order chi connectivity index (χ0) is 32.5. The van der Waals surface area contributed by atoms with Gasteiger partial charge in [-0.15, -0.1) is 5.06 Å². The van der Waals surface area contributed by atoms with Crippen molar-refractivity contribution in [3.63, 3.8) is 0 Å². The standard InChI is InChI=1S/C34H37N3O6SSi/c1-35(2)22-10-12-26-28(20-22)45(5,19-18-44-17-16-32(40)43-37-30(38)14-15-31(37)39)29-21-23(36(3)4)11-13-27(29)33(26)24-8-6-7-9-25(24)34(41)42/h6-13,20-21H,14-19H2,1-5H3. The highest BCUT2D eigenvalue weighted by atomic mass is 32.2. The van der Waals surface area contributed by atoms with E-state index in [4.69, 9.17) is 4.84 Å². The summed E-state index contributed by atoms with van der Waals surface area (Å²) in [6.45, 7) is 2.37. The Kier molecular flexibility index (Phi) is 9.31. The van der Waals surface area contributed by atoms with Crippen LogP contribution in [0.2, 0.25) is 12.6 Å². The molecule has 3 aliphatic rings. The Morgan fingerprint density at radius 2 is 1.73 bits per heavy atom. The number of allylic oxidation sites excluding steroid dienone is 5. The molecular formula is C34H37N3O6SSi. The van der Waals surface area contributed by atoms with Crippen molar-refractivity contribution in [1.29, 1.82) is 0 Å². The average Bonchev–Trinajstić information content (AvgIpc) is 3.33. The SMILES string of the molecule is CN(C)c1ccc2c(c1)[Si](C)(CCSCCC(=O)ON1C(=O)CCC1=O)C1=CC(=[N+](C)C)C=CC1=C2c1ccccc1C(=O)[O-]. The number of imide groups is 1. The molecule has 0 N–H and O–H groups in total. The van der Waals surface area contributed by atoms with Crippen LogP contribution >= 0.6 is 11.8 Å². The fourth-order valence-corrected chi connectivity index (χ4v) is 12.1. The molecule has 9 nitrogen and oxygen atoms in total. The first-order valence-corrected chi connectivity index (χ1v) is 18.7. The maximum atomic E-state index is 12.4. The Balaban J connectivity index is 1.50. The average molecular weight is 644 g/mol. The summed E-state index contributed by atoms with van der Waals surface area (Å²) in [5, 5.41) is 15.3. The lowest BCUT2D eigenvalue weighted by Gasteiger charge is -2.41. The van der Waals surface area contributed by atoms with Crippen molar-refractivity contribution in [3.05, 3.63) is 88.2 Å². The number of carbonyl (C=O) groups is 4. The Bertz CT molecular complexity index is 1710. The molecule has 1 unspecified atom stereocenters. The van der Waals surface area contributed by atoms with Gasteiger partial charge in [-0.25, -0.2) is 9.37 Å². The lowest BCUT2D eigenvalue weighted by atomic mass is 9.87. The number of benzene rings is 2. The highest BCUT2D eigenvalue weighted by Gasteiger charge is 2.44. The van der Waals surface area contributed by atoms with Crippen molar-refractivity contribution >= 4 is 65.7 Å². The molecular weight excluding hydrogens is 607 g/mol. The number of rotatable bonds is 10. The number of hydrogen-bond acceptors (Lipinski definition) is 8. The van der Waals surface area contributed by atoms with E-state index < -0.39 is 31.8 Å². The second kappa shape index (κ2) is 13.0. The second-order valence-electron chi connectivity index (χ2n) is 11.9. The number of carbonyl (C=O) groups excluding carboxylic acids is 4. The fraction of sp³-hybridized carbons (Fsp3) is 0.324. The molecule has 2 amide bonds. The largest absolute Gasteiger partial charge is 0.545 e. The Morgan fingerprint density at radius 3 is 2.40 bits per heavy atom. The number of anilines is 1. The van der Waals surface area contributed by atoms with E-state index in [9.17, 15) is 24.3 Å². The van der Waals surface area contributed by atoms with Gasteiger partial charge >= 0.3 is 5.97 Å². The minimum absolute atomic E-state index is 0.0655. The van der Waals surface area contributed by atoms with Crippen molar-refractivity contribution in [2.75, 3.05) is 44.6 Å². The van der Waals surface area contributed by atoms with Crippen LogP contribution in [-0.2, 0) is 19.2 Å². The summed E-state index contributed by atoms with van der Waals surface area (Å²) >= 11 is 1.64. The molecule has 2 aromatic carbocycles. The highest BCUT2D eigenvalue weighted by Crippen LogP contribution is 2.44. The van der Waals surface area contributed by atoms with Gasteiger partial charge in [0, 0.05) is 56.1 Å². The van der Waals surface area contributed by atoms with E-state index in [0.29, 0.717) is 16.4 Å². The van der Waals surface area contributed by atoms with Crippen LogP contribution in [0.15, 0.2) is 71.5 Å². The molecule has 0 radical (unpaired) electrons. The fourth-order valence-electron chi connectivity index (χ4n) is 6.04. The summed E-state index contributed by atoms with van der Waals surface area (Å²) in [6, 6.07) is 14.3. The van der Waals surface area contributed by atoms with E-state index in [2.05, 4.69) is 52.4 Å². The molecule has 1 aliphatic carbocycles. The molecule has 11 heteroatoms. The van der Waals surface area contributed by atoms with Crippen LogP contribution in [0.3, 0.4) is 0 Å². The number of nitrogens with zero attached hydrogens (tertiary/aromatic N) is 3. The molecule has 0 saturated carbocycles. The third-order valence-corrected chi connectivity index (χ3v) is 14.4. The molecule has 5 rings (SSSR count). The topological polar surface area (TPSA) is 110 Å². The number of thioether (sulfide) groups is 1. The van der Waals surface area contributed by atoms with E-state index in [1.54, 1.807) is 23.9 Å². The van der Waals surface area contributed by atoms with Crippen LogP contribution < -0.4 is 15.2 Å². The molecule has 0 spiro atoms. The summed E-state index contributed by atoms with van der Waals surface area (Å²) in [5.74, 6) is -1.51. The lowest BCUT2D eigenvalue weighted by Crippen LogP contribution is -2.52. The van der Waals surface area contributed by atoms with Gasteiger partial charge in [-0.05, 0) is 62.7 Å². The third kappa shape index (κ3) is 6.32. The van der Waals surface area contributed by atoms with Crippen LogP contribution in [0, 0.1) is 0 Å². The molecule has 45 heavy (non-hydrogen) atoms. The maximum Gasteiger partial charge on any atom is 0.334 e. The highest BCUT2D eigenvalue weighted by molar-refractivity contribution is 7.99. The number of aromatic carboxylic acids is 1. The Hall–Kier alpha value is -4.22. The third-order valence-electron chi connectivity index (χ3n) is 8.58. The molecule has 1 saturated heterocycles. The van der Waals surface area contributed by atoms with Crippen molar-refractivity contribution < 1.29 is 33.7 Å². The summed E-state index contributed by atoms with van der Waals surface area (Å²) in [7, 11) is 5.59. The van der Waals surface area contributed by atoms with Gasteiger partial charge in [0.15, 0.2) is 5.71 Å². The quantitative estimate of drug-likeness (QED) is 0.168. The van der Waals surface area contributed by atoms with Crippen LogP contribution in [0.4, 0.5) is 5.69 Å². The van der Waals surface area contributed by atoms with Crippen LogP contribution in [0.1, 0.15) is 40.7 Å². The van der Waals surface area contributed by atoms with Crippen LogP contribution in [0.25, 0.3) is 5.57 Å². The van der Waals surface area contributed by atoms with Crippen molar-refractivity contribution in [3.8, 4) is 0 Å². The molecule has 0 bridgehead atoms. The Morgan fingerprint density at radius 1 is 1.02 bits per heavy atom. The molecule has 234 valence electrons. The summed E-state index contributed by atoms with van der Waals surface area (Å²) in [5.41, 5.74) is 5.87. The van der Waals surface area contributed by atoms with Gasteiger partial charge in [-0.2, -0.15) is 11.8 Å². The summed E-state index contributed by atoms with van der Waals surface area (Å²) in [6.07, 6.45) is 6.65. The zero-order valence-corrected chi connectivity index (χ0v) is 28.0. The van der Waals surface area contributed by atoms with E-state index in [-0.39, 0.29) is 24.8 Å². The molecule has 1 atom stereocenters. The lowest BCUT2D eigenvalue weighted by molar-refractivity contribution is -0.462. The minimum Gasteiger partial charge on any atom is -0.545 e. The van der Waals surface area contributed by atoms with E-state index >= 15 is 0 Å². The van der Waals surface area contributed by atoms with Gasteiger partial charge in [-0.1, -0.05) is 36.9 Å².